The molecule has 3 heterocycles. The molecule has 1 unspecified atom stereocenters. The topological polar surface area (TPSA) is 102 Å². The fourth-order valence-corrected chi connectivity index (χ4v) is 3.88. The first-order valence-corrected chi connectivity index (χ1v) is 11.3. The molecule has 2 N–H and O–H groups in total. The molecule has 8 nitrogen and oxygen atoms in total. The van der Waals surface area contributed by atoms with Crippen LogP contribution in [0.15, 0.2) is 53.1 Å². The number of hydrogen-bond donors (Lipinski definition) is 2. The lowest BCUT2D eigenvalue weighted by Crippen LogP contribution is -2.44. The number of aromatic nitrogens is 3. The average molecular weight is 460 g/mol. The van der Waals surface area contributed by atoms with Crippen molar-refractivity contribution < 1.29 is 14.0 Å². The number of nitrogens with one attached hydrogen (secondary N) is 2. The van der Waals surface area contributed by atoms with Crippen LogP contribution in [0.5, 0.6) is 0 Å². The Morgan fingerprint density at radius 1 is 1.09 bits per heavy atom. The molecule has 34 heavy (non-hydrogen) atoms. The summed E-state index contributed by atoms with van der Waals surface area (Å²) in [5.41, 5.74) is 3.45. The third-order valence-electron chi connectivity index (χ3n) is 5.67. The third kappa shape index (κ3) is 4.71. The Labute approximate surface area is 198 Å². The molecule has 3 aromatic heterocycles. The lowest BCUT2D eigenvalue weighted by Gasteiger charge is -2.15. The van der Waals surface area contributed by atoms with Gasteiger partial charge in [0, 0.05) is 18.2 Å². The molecule has 1 aromatic carbocycles. The van der Waals surface area contributed by atoms with Gasteiger partial charge in [0.15, 0.2) is 5.65 Å². The molecule has 0 aliphatic rings. The Kier molecular flexibility index (Phi) is 6.49. The van der Waals surface area contributed by atoms with Gasteiger partial charge in [-0.25, -0.2) is 9.67 Å². The molecule has 0 fully saturated rings. The van der Waals surface area contributed by atoms with Crippen molar-refractivity contribution in [3.8, 4) is 11.3 Å². The lowest BCUT2D eigenvalue weighted by molar-refractivity contribution is -0.122. The normalized spacial score (nSPS) is 12.2. The second kappa shape index (κ2) is 9.51. The minimum Gasteiger partial charge on any atom is -0.466 e. The molecule has 4 aromatic rings. The van der Waals surface area contributed by atoms with Crippen molar-refractivity contribution in [1.82, 2.24) is 25.4 Å². The van der Waals surface area contributed by atoms with Gasteiger partial charge in [-0.05, 0) is 52.3 Å². The average Bonchev–Trinajstić information content (AvgIpc) is 3.39. The van der Waals surface area contributed by atoms with Crippen molar-refractivity contribution in [2.45, 2.75) is 53.2 Å². The second-order valence-corrected chi connectivity index (χ2v) is 8.70. The van der Waals surface area contributed by atoms with Gasteiger partial charge in [0.25, 0.3) is 5.91 Å². The van der Waals surface area contributed by atoms with E-state index in [0.29, 0.717) is 28.8 Å². The molecule has 4 rings (SSSR count). The number of benzene rings is 1. The number of rotatable bonds is 7. The summed E-state index contributed by atoms with van der Waals surface area (Å²) >= 11 is 0. The van der Waals surface area contributed by atoms with E-state index < -0.39 is 6.04 Å². The molecular formula is C26H29N5O3. The predicted molar refractivity (Wildman–Crippen MR) is 130 cm³/mol. The van der Waals surface area contributed by atoms with Crippen LogP contribution in [-0.4, -0.2) is 32.6 Å². The number of furan rings is 1. The summed E-state index contributed by atoms with van der Waals surface area (Å²) in [7, 11) is 0. The van der Waals surface area contributed by atoms with Crippen molar-refractivity contribution in [1.29, 1.82) is 0 Å². The van der Waals surface area contributed by atoms with Gasteiger partial charge in [0.1, 0.15) is 17.6 Å². The number of fused-ring (bicyclic) bond motifs is 1. The van der Waals surface area contributed by atoms with Gasteiger partial charge in [-0.1, -0.05) is 30.3 Å². The van der Waals surface area contributed by atoms with E-state index in [-0.39, 0.29) is 17.9 Å². The van der Waals surface area contributed by atoms with E-state index in [1.165, 1.54) is 0 Å². The summed E-state index contributed by atoms with van der Waals surface area (Å²) in [6, 6.07) is 12.6. The Morgan fingerprint density at radius 2 is 1.82 bits per heavy atom. The Hall–Kier alpha value is -3.94. The largest absolute Gasteiger partial charge is 0.466 e. The Morgan fingerprint density at radius 3 is 2.47 bits per heavy atom. The zero-order valence-corrected chi connectivity index (χ0v) is 20.0. The van der Waals surface area contributed by atoms with E-state index in [1.807, 2.05) is 64.1 Å². The van der Waals surface area contributed by atoms with Crippen LogP contribution in [0.3, 0.4) is 0 Å². The van der Waals surface area contributed by atoms with Gasteiger partial charge >= 0.3 is 0 Å². The van der Waals surface area contributed by atoms with Crippen LogP contribution in [0.2, 0.25) is 0 Å². The van der Waals surface area contributed by atoms with Gasteiger partial charge in [0.2, 0.25) is 5.91 Å². The first-order valence-electron chi connectivity index (χ1n) is 11.3. The van der Waals surface area contributed by atoms with Crippen LogP contribution in [0.1, 0.15) is 54.3 Å². The van der Waals surface area contributed by atoms with Crippen LogP contribution in [-0.2, 0) is 11.3 Å². The van der Waals surface area contributed by atoms with E-state index >= 15 is 0 Å². The SMILES string of the molecule is Cc1cc(-c2cc(C(=O)NC(C)C(=O)NCc3ccccc3)c3cnn(C(C)C)c3n2)c(C)o1. The molecular weight excluding hydrogens is 430 g/mol. The standard InChI is InChI=1S/C26H29N5O3/c1-15(2)31-24-22(14-28-31)21(12-23(30-24)20-11-16(3)34-18(20)5)26(33)29-17(4)25(32)27-13-19-9-7-6-8-10-19/h6-12,14-15,17H,13H2,1-5H3,(H,27,32)(H,29,33). The fourth-order valence-electron chi connectivity index (χ4n) is 3.88. The molecule has 8 heteroatoms. The number of aryl methyl sites for hydroxylation is 2. The number of pyridine rings is 1. The molecule has 176 valence electrons. The van der Waals surface area contributed by atoms with Gasteiger partial charge < -0.3 is 15.1 Å². The molecule has 0 aliphatic carbocycles. The molecule has 0 radical (unpaired) electrons. The van der Waals surface area contributed by atoms with Crippen molar-refractivity contribution in [3.05, 3.63) is 71.3 Å². The Balaban J connectivity index is 1.62. The second-order valence-electron chi connectivity index (χ2n) is 8.70. The minimum absolute atomic E-state index is 0.0611. The maximum absolute atomic E-state index is 13.3. The molecule has 0 spiro atoms. The van der Waals surface area contributed by atoms with E-state index in [4.69, 9.17) is 9.40 Å². The highest BCUT2D eigenvalue weighted by molar-refractivity contribution is 6.07. The zero-order chi connectivity index (χ0) is 24.4. The highest BCUT2D eigenvalue weighted by atomic mass is 16.3. The number of hydrogen-bond acceptors (Lipinski definition) is 5. The summed E-state index contributed by atoms with van der Waals surface area (Å²) in [5, 5.41) is 10.8. The highest BCUT2D eigenvalue weighted by Gasteiger charge is 2.23. The number of carbonyl (C=O) groups excluding carboxylic acids is 2. The smallest absolute Gasteiger partial charge is 0.252 e. The number of nitrogens with zero attached hydrogens (tertiary/aromatic N) is 3. The summed E-state index contributed by atoms with van der Waals surface area (Å²) < 4.78 is 7.47. The molecule has 0 aliphatic heterocycles. The van der Waals surface area contributed by atoms with Gasteiger partial charge in [0.05, 0.1) is 22.8 Å². The van der Waals surface area contributed by atoms with E-state index in [9.17, 15) is 9.59 Å². The van der Waals surface area contributed by atoms with Crippen LogP contribution < -0.4 is 10.6 Å². The molecule has 2 amide bonds. The molecule has 0 saturated heterocycles. The van der Waals surface area contributed by atoms with Gasteiger partial charge in [-0.15, -0.1) is 0 Å². The van der Waals surface area contributed by atoms with Crippen molar-refractivity contribution in [2.24, 2.45) is 0 Å². The van der Waals surface area contributed by atoms with Crippen LogP contribution in [0, 0.1) is 13.8 Å². The number of carbonyl (C=O) groups is 2. The summed E-state index contributed by atoms with van der Waals surface area (Å²) in [5.74, 6) is 0.862. The molecule has 0 saturated carbocycles. The van der Waals surface area contributed by atoms with Gasteiger partial charge in [-0.3, -0.25) is 9.59 Å². The monoisotopic (exact) mass is 459 g/mol. The van der Waals surface area contributed by atoms with E-state index in [1.54, 1.807) is 23.9 Å². The first-order chi connectivity index (χ1) is 16.2. The molecule has 1 atom stereocenters. The van der Waals surface area contributed by atoms with E-state index in [0.717, 1.165) is 22.6 Å². The predicted octanol–water partition coefficient (Wildman–Crippen LogP) is 4.32. The van der Waals surface area contributed by atoms with Gasteiger partial charge in [-0.2, -0.15) is 5.10 Å². The summed E-state index contributed by atoms with van der Waals surface area (Å²) in [6.45, 7) is 9.81. The highest BCUT2D eigenvalue weighted by Crippen LogP contribution is 2.30. The minimum atomic E-state index is -0.721. The quantitative estimate of drug-likeness (QED) is 0.428. The van der Waals surface area contributed by atoms with Crippen LogP contribution in [0.4, 0.5) is 0 Å². The number of amides is 2. The fraction of sp³-hybridized carbons (Fsp3) is 0.308. The van der Waals surface area contributed by atoms with Crippen LogP contribution >= 0.6 is 0 Å². The lowest BCUT2D eigenvalue weighted by atomic mass is 10.1. The molecule has 0 bridgehead atoms. The van der Waals surface area contributed by atoms with Crippen molar-refractivity contribution in [3.63, 3.8) is 0 Å². The van der Waals surface area contributed by atoms with E-state index in [2.05, 4.69) is 15.7 Å². The van der Waals surface area contributed by atoms with Crippen molar-refractivity contribution in [2.75, 3.05) is 0 Å². The Bertz CT molecular complexity index is 1340. The maximum atomic E-state index is 13.3. The third-order valence-corrected chi connectivity index (χ3v) is 5.67. The zero-order valence-electron chi connectivity index (χ0n) is 20.0. The van der Waals surface area contributed by atoms with Crippen LogP contribution in [0.25, 0.3) is 22.3 Å². The van der Waals surface area contributed by atoms with Crippen molar-refractivity contribution >= 4 is 22.8 Å². The summed E-state index contributed by atoms with van der Waals surface area (Å²) in [6.07, 6.45) is 1.65. The first kappa shape index (κ1) is 23.2. The maximum Gasteiger partial charge on any atom is 0.252 e. The summed E-state index contributed by atoms with van der Waals surface area (Å²) in [4.78, 5) is 30.7.